The van der Waals surface area contributed by atoms with E-state index in [-0.39, 0.29) is 11.5 Å². The zero-order valence-electron chi connectivity index (χ0n) is 18.4. The van der Waals surface area contributed by atoms with E-state index in [4.69, 9.17) is 24.7 Å². The lowest BCUT2D eigenvalue weighted by Gasteiger charge is -2.27. The third kappa shape index (κ3) is 4.19. The second-order valence-corrected chi connectivity index (χ2v) is 7.49. The molecular weight excluding hydrogens is 420 g/mol. The van der Waals surface area contributed by atoms with Gasteiger partial charge in [-0.15, -0.1) is 0 Å². The Morgan fingerprint density at radius 3 is 2.33 bits per heavy atom. The summed E-state index contributed by atoms with van der Waals surface area (Å²) in [5.41, 5.74) is 9.26. The minimum atomic E-state index is -0.526. The number of aryl methyl sites for hydroxylation is 1. The molecule has 0 fully saturated rings. The maximum atomic E-state index is 12.5. The monoisotopic (exact) mass is 442 g/mol. The zero-order chi connectivity index (χ0) is 23.5. The molecule has 1 aliphatic rings. The van der Waals surface area contributed by atoms with Gasteiger partial charge in [0.05, 0.1) is 25.7 Å². The molecule has 7 heteroatoms. The fraction of sp³-hybridized carbons (Fsp3) is 0.154. The molecule has 166 valence electrons. The van der Waals surface area contributed by atoms with Crippen LogP contribution in [0.15, 0.2) is 72.1 Å². The second-order valence-electron chi connectivity index (χ2n) is 7.49. The predicted molar refractivity (Wildman–Crippen MR) is 121 cm³/mol. The Balaban J connectivity index is 1.72. The van der Waals surface area contributed by atoms with Crippen LogP contribution in [0.25, 0.3) is 0 Å². The normalized spacial score (nSPS) is 14.5. The van der Waals surface area contributed by atoms with E-state index in [2.05, 4.69) is 6.07 Å². The van der Waals surface area contributed by atoms with Gasteiger partial charge in [-0.2, -0.15) is 5.26 Å². The molecule has 0 bridgehead atoms. The largest absolute Gasteiger partial charge is 0.497 e. The Morgan fingerprint density at radius 2 is 1.67 bits per heavy atom. The third-order valence-electron chi connectivity index (χ3n) is 5.44. The van der Waals surface area contributed by atoms with Crippen LogP contribution in [0.1, 0.15) is 33.0 Å². The molecule has 0 aliphatic carbocycles. The van der Waals surface area contributed by atoms with E-state index in [9.17, 15) is 10.1 Å². The number of esters is 1. The van der Waals surface area contributed by atoms with E-state index in [0.717, 1.165) is 11.1 Å². The molecule has 1 atom stereocenters. The molecule has 33 heavy (non-hydrogen) atoms. The Morgan fingerprint density at radius 1 is 0.970 bits per heavy atom. The molecular formula is C26H22N2O5. The average Bonchev–Trinajstić information content (AvgIpc) is 2.83. The predicted octanol–water partition coefficient (Wildman–Crippen LogP) is 4.45. The molecule has 4 rings (SSSR count). The highest BCUT2D eigenvalue weighted by molar-refractivity contribution is 5.91. The van der Waals surface area contributed by atoms with Gasteiger partial charge in [0.1, 0.15) is 34.6 Å². The Kier molecular flexibility index (Phi) is 5.92. The highest BCUT2D eigenvalue weighted by atomic mass is 16.5. The first-order chi connectivity index (χ1) is 15.9. The first-order valence-corrected chi connectivity index (χ1v) is 10.2. The molecule has 0 radical (unpaired) electrons. The molecule has 1 heterocycles. The van der Waals surface area contributed by atoms with Crippen molar-refractivity contribution >= 4 is 5.97 Å². The Bertz CT molecular complexity index is 1290. The number of hydrogen-bond acceptors (Lipinski definition) is 7. The molecule has 2 N–H and O–H groups in total. The summed E-state index contributed by atoms with van der Waals surface area (Å²) >= 11 is 0. The van der Waals surface area contributed by atoms with Crippen molar-refractivity contribution in [2.75, 3.05) is 14.2 Å². The van der Waals surface area contributed by atoms with Crippen molar-refractivity contribution in [2.24, 2.45) is 5.73 Å². The quantitative estimate of drug-likeness (QED) is 0.460. The Hall–Kier alpha value is -4.44. The van der Waals surface area contributed by atoms with Gasteiger partial charge in [0.15, 0.2) is 0 Å². The van der Waals surface area contributed by atoms with Crippen LogP contribution in [0.4, 0.5) is 0 Å². The van der Waals surface area contributed by atoms with Crippen molar-refractivity contribution < 1.29 is 23.7 Å². The molecule has 0 amide bonds. The lowest BCUT2D eigenvalue weighted by Crippen LogP contribution is -2.21. The van der Waals surface area contributed by atoms with Gasteiger partial charge in [-0.05, 0) is 31.2 Å². The SMILES string of the molecule is COc1ccc(C2C(C#N)=C(N)Oc3cc(OC(=O)c4ccc(C)cc4)ccc32)c(OC)c1. The molecule has 0 aromatic heterocycles. The minimum Gasteiger partial charge on any atom is -0.497 e. The van der Waals surface area contributed by atoms with Gasteiger partial charge in [0, 0.05) is 23.3 Å². The van der Waals surface area contributed by atoms with Gasteiger partial charge in [-0.3, -0.25) is 0 Å². The highest BCUT2D eigenvalue weighted by Gasteiger charge is 2.33. The standard InChI is InChI=1S/C26H22N2O5/c1-15-4-6-16(7-5-15)26(29)32-18-9-11-20-23(13-18)33-25(28)21(14-27)24(20)19-10-8-17(30-2)12-22(19)31-3/h4-13,24H,28H2,1-3H3. The van der Waals surface area contributed by atoms with Gasteiger partial charge in [0.25, 0.3) is 0 Å². The summed E-state index contributed by atoms with van der Waals surface area (Å²) in [7, 11) is 3.11. The third-order valence-corrected chi connectivity index (χ3v) is 5.44. The van der Waals surface area contributed by atoms with E-state index in [1.807, 2.05) is 25.1 Å². The topological polar surface area (TPSA) is 104 Å². The number of allylic oxidation sites excluding steroid dienone is 1. The number of nitrogens with zero attached hydrogens (tertiary/aromatic N) is 1. The van der Waals surface area contributed by atoms with Crippen LogP contribution in [-0.2, 0) is 0 Å². The molecule has 3 aromatic carbocycles. The number of ether oxygens (including phenoxy) is 4. The van der Waals surface area contributed by atoms with Crippen LogP contribution in [0.3, 0.4) is 0 Å². The molecule has 7 nitrogen and oxygen atoms in total. The van der Waals surface area contributed by atoms with Crippen molar-refractivity contribution in [1.82, 2.24) is 0 Å². The van der Waals surface area contributed by atoms with Crippen molar-refractivity contribution in [3.63, 3.8) is 0 Å². The summed E-state index contributed by atoms with van der Waals surface area (Å²) in [6.07, 6.45) is 0. The van der Waals surface area contributed by atoms with E-state index >= 15 is 0 Å². The van der Waals surface area contributed by atoms with Gasteiger partial charge in [-0.1, -0.05) is 29.8 Å². The first-order valence-electron chi connectivity index (χ1n) is 10.2. The number of nitriles is 1. The fourth-order valence-corrected chi connectivity index (χ4v) is 3.73. The van der Waals surface area contributed by atoms with Crippen LogP contribution in [0, 0.1) is 18.3 Å². The number of methoxy groups -OCH3 is 2. The van der Waals surface area contributed by atoms with Crippen LogP contribution >= 0.6 is 0 Å². The van der Waals surface area contributed by atoms with E-state index in [1.165, 1.54) is 0 Å². The summed E-state index contributed by atoms with van der Waals surface area (Å²) in [6.45, 7) is 1.94. The minimum absolute atomic E-state index is 0.0186. The molecule has 0 spiro atoms. The number of benzene rings is 3. The lowest BCUT2D eigenvalue weighted by molar-refractivity contribution is 0.0734. The number of hydrogen-bond donors (Lipinski definition) is 1. The van der Waals surface area contributed by atoms with E-state index < -0.39 is 11.9 Å². The van der Waals surface area contributed by atoms with Crippen LogP contribution in [-0.4, -0.2) is 20.2 Å². The zero-order valence-corrected chi connectivity index (χ0v) is 18.4. The fourth-order valence-electron chi connectivity index (χ4n) is 3.73. The van der Waals surface area contributed by atoms with Crippen molar-refractivity contribution in [2.45, 2.75) is 12.8 Å². The summed E-state index contributed by atoms with van der Waals surface area (Å²) < 4.78 is 22.1. The van der Waals surface area contributed by atoms with Crippen LogP contribution < -0.4 is 24.7 Å². The maximum absolute atomic E-state index is 12.5. The van der Waals surface area contributed by atoms with Crippen LogP contribution in [0.5, 0.6) is 23.0 Å². The summed E-state index contributed by atoms with van der Waals surface area (Å²) in [5, 5.41) is 9.80. The summed E-state index contributed by atoms with van der Waals surface area (Å²) in [4.78, 5) is 12.5. The maximum Gasteiger partial charge on any atom is 0.343 e. The molecule has 0 saturated carbocycles. The van der Waals surface area contributed by atoms with Crippen molar-refractivity contribution in [3.05, 3.63) is 94.4 Å². The number of nitrogens with two attached hydrogens (primary N) is 1. The number of rotatable bonds is 5. The molecule has 1 unspecified atom stereocenters. The number of fused-ring (bicyclic) bond motifs is 1. The molecule has 0 saturated heterocycles. The van der Waals surface area contributed by atoms with Gasteiger partial charge >= 0.3 is 5.97 Å². The van der Waals surface area contributed by atoms with Crippen molar-refractivity contribution in [1.29, 1.82) is 5.26 Å². The number of carbonyl (C=O) groups is 1. The van der Waals surface area contributed by atoms with Crippen LogP contribution in [0.2, 0.25) is 0 Å². The molecule has 3 aromatic rings. The molecule has 1 aliphatic heterocycles. The van der Waals surface area contributed by atoms with Crippen molar-refractivity contribution in [3.8, 4) is 29.1 Å². The van der Waals surface area contributed by atoms with Gasteiger partial charge in [-0.25, -0.2) is 4.79 Å². The lowest BCUT2D eigenvalue weighted by atomic mass is 9.83. The Labute approximate surface area is 191 Å². The summed E-state index contributed by atoms with van der Waals surface area (Å²) in [5.74, 6) is 0.826. The van der Waals surface area contributed by atoms with E-state index in [1.54, 1.807) is 56.7 Å². The van der Waals surface area contributed by atoms with Gasteiger partial charge in [0.2, 0.25) is 5.88 Å². The average molecular weight is 442 g/mol. The first kappa shape index (κ1) is 21.8. The smallest absolute Gasteiger partial charge is 0.343 e. The highest BCUT2D eigenvalue weighted by Crippen LogP contribution is 2.46. The number of carbonyl (C=O) groups excluding carboxylic acids is 1. The summed E-state index contributed by atoms with van der Waals surface area (Å²) in [6, 6.07) is 19.6. The second kappa shape index (κ2) is 8.97. The van der Waals surface area contributed by atoms with E-state index in [0.29, 0.717) is 34.1 Å². The van der Waals surface area contributed by atoms with Gasteiger partial charge < -0.3 is 24.7 Å².